The van der Waals surface area contributed by atoms with Crippen LogP contribution in [0.4, 0.5) is 0 Å². The minimum atomic E-state index is -0.795. The zero-order valence-corrected chi connectivity index (χ0v) is 7.25. The van der Waals surface area contributed by atoms with E-state index in [-0.39, 0.29) is 11.1 Å². The lowest BCUT2D eigenvalue weighted by Crippen LogP contribution is -2.16. The lowest BCUT2D eigenvalue weighted by atomic mass is 10.1. The minimum Gasteiger partial charge on any atom is -0.366 e. The van der Waals surface area contributed by atoms with Crippen molar-refractivity contribution in [2.45, 2.75) is 0 Å². The van der Waals surface area contributed by atoms with Gasteiger partial charge in [-0.3, -0.25) is 4.79 Å². The van der Waals surface area contributed by atoms with Gasteiger partial charge in [-0.1, -0.05) is 12.1 Å². The molecule has 0 aliphatic heterocycles. The zero-order valence-electron chi connectivity index (χ0n) is 6.49. The predicted molar refractivity (Wildman–Crippen MR) is 46.2 cm³/mol. The fourth-order valence-corrected chi connectivity index (χ4v) is 1.00. The van der Waals surface area contributed by atoms with Gasteiger partial charge in [-0.05, 0) is 12.1 Å². The van der Waals surface area contributed by atoms with Gasteiger partial charge in [0.05, 0.1) is 11.1 Å². The van der Waals surface area contributed by atoms with Crippen LogP contribution in [-0.2, 0) is 4.29 Å². The van der Waals surface area contributed by atoms with Gasteiger partial charge in [0.25, 0.3) is 0 Å². The van der Waals surface area contributed by atoms with Gasteiger partial charge >= 0.3 is 5.97 Å². The molecule has 0 bridgehead atoms. The summed E-state index contributed by atoms with van der Waals surface area (Å²) >= 11 is 4.86. The molecule has 68 valence electrons. The highest BCUT2D eigenvalue weighted by Gasteiger charge is 2.14. The van der Waals surface area contributed by atoms with Gasteiger partial charge in [0.2, 0.25) is 5.91 Å². The SMILES string of the molecule is NC(=O)c1ccccc1C(=O)OCl. The molecule has 2 N–H and O–H groups in total. The van der Waals surface area contributed by atoms with Crippen molar-refractivity contribution >= 4 is 23.7 Å². The maximum atomic E-state index is 11.0. The summed E-state index contributed by atoms with van der Waals surface area (Å²) in [6.45, 7) is 0. The van der Waals surface area contributed by atoms with Gasteiger partial charge < -0.3 is 10.0 Å². The summed E-state index contributed by atoms with van der Waals surface area (Å²) in [5.41, 5.74) is 5.17. The Labute approximate surface area is 79.4 Å². The molecule has 0 aliphatic carbocycles. The molecule has 1 aromatic carbocycles. The van der Waals surface area contributed by atoms with Crippen molar-refractivity contribution in [1.29, 1.82) is 0 Å². The summed E-state index contributed by atoms with van der Waals surface area (Å²) in [5, 5.41) is 0. The Hall–Kier alpha value is -1.55. The normalized spacial score (nSPS) is 9.31. The van der Waals surface area contributed by atoms with E-state index in [1.807, 2.05) is 0 Å². The quantitative estimate of drug-likeness (QED) is 0.775. The monoisotopic (exact) mass is 199 g/mol. The molecule has 0 saturated carbocycles. The maximum Gasteiger partial charge on any atom is 0.357 e. The van der Waals surface area contributed by atoms with Crippen LogP contribution in [-0.4, -0.2) is 11.9 Å². The van der Waals surface area contributed by atoms with Crippen LogP contribution in [0.3, 0.4) is 0 Å². The number of carbonyl (C=O) groups is 2. The molecule has 0 heterocycles. The zero-order chi connectivity index (χ0) is 9.84. The molecule has 13 heavy (non-hydrogen) atoms. The number of rotatable bonds is 2. The summed E-state index contributed by atoms with van der Waals surface area (Å²) in [5.74, 6) is -1.49. The molecule has 1 amide bonds. The second-order valence-corrected chi connectivity index (χ2v) is 2.43. The van der Waals surface area contributed by atoms with Crippen molar-refractivity contribution < 1.29 is 13.9 Å². The van der Waals surface area contributed by atoms with E-state index in [2.05, 4.69) is 4.29 Å². The Balaban J connectivity index is 3.19. The van der Waals surface area contributed by atoms with Crippen LogP contribution >= 0.6 is 11.9 Å². The van der Waals surface area contributed by atoms with E-state index in [4.69, 9.17) is 17.6 Å². The van der Waals surface area contributed by atoms with Crippen LogP contribution in [0.15, 0.2) is 24.3 Å². The number of carbonyl (C=O) groups excluding carboxylic acids is 2. The Kier molecular flexibility index (Phi) is 2.87. The fraction of sp³-hybridized carbons (Fsp3) is 0. The van der Waals surface area contributed by atoms with Crippen molar-refractivity contribution in [3.8, 4) is 0 Å². The van der Waals surface area contributed by atoms with Gasteiger partial charge in [-0.2, -0.15) is 0 Å². The molecule has 0 fully saturated rings. The molecule has 0 atom stereocenters. The van der Waals surface area contributed by atoms with Crippen molar-refractivity contribution in [2.24, 2.45) is 5.73 Å². The molecule has 0 spiro atoms. The number of hydrogen-bond acceptors (Lipinski definition) is 3. The minimum absolute atomic E-state index is 0.0602. The summed E-state index contributed by atoms with van der Waals surface area (Å²) < 4.78 is 3.95. The van der Waals surface area contributed by atoms with Gasteiger partial charge in [0, 0.05) is 0 Å². The Morgan fingerprint density at radius 2 is 1.77 bits per heavy atom. The lowest BCUT2D eigenvalue weighted by molar-refractivity contribution is 0.0746. The molecule has 4 nitrogen and oxygen atoms in total. The van der Waals surface area contributed by atoms with E-state index in [9.17, 15) is 9.59 Å². The van der Waals surface area contributed by atoms with Gasteiger partial charge in [0.15, 0.2) is 0 Å². The van der Waals surface area contributed by atoms with Crippen molar-refractivity contribution in [2.75, 3.05) is 0 Å². The number of benzene rings is 1. The highest BCUT2D eigenvalue weighted by Crippen LogP contribution is 2.10. The van der Waals surface area contributed by atoms with Crippen molar-refractivity contribution in [1.82, 2.24) is 0 Å². The molecule has 0 aliphatic rings. The first-order valence-electron chi connectivity index (χ1n) is 3.38. The molecule has 5 heteroatoms. The molecule has 0 radical (unpaired) electrons. The van der Waals surface area contributed by atoms with E-state index in [0.29, 0.717) is 0 Å². The van der Waals surface area contributed by atoms with E-state index in [1.165, 1.54) is 12.1 Å². The molecule has 0 saturated heterocycles. The van der Waals surface area contributed by atoms with E-state index in [0.717, 1.165) is 0 Å². The Morgan fingerprint density at radius 3 is 2.23 bits per heavy atom. The van der Waals surface area contributed by atoms with Gasteiger partial charge in [-0.25, -0.2) is 4.79 Å². The molecular weight excluding hydrogens is 194 g/mol. The molecule has 0 aromatic heterocycles. The first kappa shape index (κ1) is 9.54. The third-order valence-electron chi connectivity index (χ3n) is 1.48. The van der Waals surface area contributed by atoms with Crippen LogP contribution in [0.1, 0.15) is 20.7 Å². The third-order valence-corrected chi connectivity index (χ3v) is 1.62. The van der Waals surface area contributed by atoms with Crippen LogP contribution in [0, 0.1) is 0 Å². The van der Waals surface area contributed by atoms with E-state index >= 15 is 0 Å². The first-order valence-corrected chi connectivity index (χ1v) is 3.69. The fourth-order valence-electron chi connectivity index (χ4n) is 0.918. The standard InChI is InChI=1S/C8H6ClNO3/c9-13-8(12)6-4-2-1-3-5(6)7(10)11/h1-4H,(H2,10,11). The Bertz CT molecular complexity index is 351. The van der Waals surface area contributed by atoms with E-state index < -0.39 is 11.9 Å². The smallest absolute Gasteiger partial charge is 0.357 e. The second kappa shape index (κ2) is 3.91. The highest BCUT2D eigenvalue weighted by atomic mass is 35.5. The molecule has 1 rings (SSSR count). The average Bonchev–Trinajstić information content (AvgIpc) is 2.16. The largest absolute Gasteiger partial charge is 0.366 e. The van der Waals surface area contributed by atoms with Crippen LogP contribution in [0.25, 0.3) is 0 Å². The number of nitrogens with two attached hydrogens (primary N) is 1. The predicted octanol–water partition coefficient (Wildman–Crippen LogP) is 1.10. The highest BCUT2D eigenvalue weighted by molar-refractivity contribution is 6.17. The van der Waals surface area contributed by atoms with Gasteiger partial charge in [0.1, 0.15) is 11.9 Å². The van der Waals surface area contributed by atoms with Gasteiger partial charge in [-0.15, -0.1) is 0 Å². The molecule has 1 aromatic rings. The number of hydrogen-bond donors (Lipinski definition) is 1. The third kappa shape index (κ3) is 1.97. The van der Waals surface area contributed by atoms with E-state index in [1.54, 1.807) is 12.1 Å². The second-order valence-electron chi connectivity index (χ2n) is 2.27. The number of amides is 1. The summed E-state index contributed by atoms with van der Waals surface area (Å²) in [4.78, 5) is 21.8. The van der Waals surface area contributed by atoms with Crippen molar-refractivity contribution in [3.05, 3.63) is 35.4 Å². The summed E-state index contributed by atoms with van der Waals surface area (Å²) in [6.07, 6.45) is 0. The van der Waals surface area contributed by atoms with Crippen molar-refractivity contribution in [3.63, 3.8) is 0 Å². The summed E-state index contributed by atoms with van der Waals surface area (Å²) in [7, 11) is 0. The van der Waals surface area contributed by atoms with Crippen LogP contribution in [0.2, 0.25) is 0 Å². The average molecular weight is 200 g/mol. The number of halogens is 1. The molecular formula is C8H6ClNO3. The Morgan fingerprint density at radius 1 is 1.23 bits per heavy atom. The number of primary amides is 1. The topological polar surface area (TPSA) is 69.4 Å². The van der Waals surface area contributed by atoms with Crippen LogP contribution < -0.4 is 5.73 Å². The summed E-state index contributed by atoms with van der Waals surface area (Å²) in [6, 6.07) is 6.00. The lowest BCUT2D eigenvalue weighted by Gasteiger charge is -2.01. The first-order chi connectivity index (χ1) is 6.16. The molecule has 0 unspecified atom stereocenters. The van der Waals surface area contributed by atoms with Crippen LogP contribution in [0.5, 0.6) is 0 Å². The maximum absolute atomic E-state index is 11.0.